The number of likely N-dealkylation sites (N-methyl/N-ethyl adjacent to an activating group) is 2. The van der Waals surface area contributed by atoms with Gasteiger partial charge in [-0.1, -0.05) is 19.1 Å². The van der Waals surface area contributed by atoms with Crippen molar-refractivity contribution in [3.63, 3.8) is 0 Å². The summed E-state index contributed by atoms with van der Waals surface area (Å²) in [7, 11) is 2.12. The second kappa shape index (κ2) is 6.37. The molecule has 0 aromatic rings. The fraction of sp³-hybridized carbons (Fsp3) is 0.900. The van der Waals surface area contributed by atoms with Crippen LogP contribution in [0, 0.1) is 0 Å². The Morgan fingerprint density at radius 3 is 2.93 bits per heavy atom. The lowest BCUT2D eigenvalue weighted by Gasteiger charge is -2.33. The molecule has 1 heterocycles. The Balaban J connectivity index is 2.33. The summed E-state index contributed by atoms with van der Waals surface area (Å²) in [6, 6.07) is 0. The summed E-state index contributed by atoms with van der Waals surface area (Å²) in [5, 5.41) is 0. The molecule has 0 aliphatic carbocycles. The van der Waals surface area contributed by atoms with E-state index in [1.165, 1.54) is 0 Å². The molecule has 0 bridgehead atoms. The largest absolute Gasteiger partial charge is 0.392 e. The van der Waals surface area contributed by atoms with Gasteiger partial charge in [0, 0.05) is 26.2 Å². The van der Waals surface area contributed by atoms with E-state index in [2.05, 4.69) is 23.8 Å². The van der Waals surface area contributed by atoms with Gasteiger partial charge in [0.1, 0.15) is 0 Å². The number of nitrogens with two attached hydrogens (primary N) is 1. The summed E-state index contributed by atoms with van der Waals surface area (Å²) >= 11 is 4.91. The minimum absolute atomic E-state index is 0.290. The van der Waals surface area contributed by atoms with Crippen molar-refractivity contribution in [3.8, 4) is 0 Å². The van der Waals surface area contributed by atoms with Gasteiger partial charge in [-0.05, 0) is 13.6 Å². The lowest BCUT2D eigenvalue weighted by atomic mass is 10.2. The van der Waals surface area contributed by atoms with E-state index in [9.17, 15) is 0 Å². The number of hydrogen-bond donors (Lipinski definition) is 1. The molecule has 4 nitrogen and oxygen atoms in total. The Hall–Kier alpha value is -0.230. The fourth-order valence-corrected chi connectivity index (χ4v) is 1.97. The third kappa shape index (κ3) is 4.88. The summed E-state index contributed by atoms with van der Waals surface area (Å²) in [5.41, 5.74) is 5.54. The van der Waals surface area contributed by atoms with Crippen molar-refractivity contribution in [2.45, 2.75) is 13.0 Å². The first-order valence-electron chi connectivity index (χ1n) is 5.42. The van der Waals surface area contributed by atoms with Crippen LogP contribution >= 0.6 is 12.2 Å². The third-order valence-electron chi connectivity index (χ3n) is 2.63. The lowest BCUT2D eigenvalue weighted by molar-refractivity contribution is -0.0331. The standard InChI is InChI=1S/C10H21N3OS/c1-3-13(8-10(11)15)7-9-6-12(2)4-5-14-9/h9H,3-8H2,1-2H3,(H2,11,15). The van der Waals surface area contributed by atoms with E-state index in [4.69, 9.17) is 22.7 Å². The van der Waals surface area contributed by atoms with E-state index >= 15 is 0 Å². The maximum Gasteiger partial charge on any atom is 0.0870 e. The smallest absolute Gasteiger partial charge is 0.0870 e. The van der Waals surface area contributed by atoms with Crippen molar-refractivity contribution in [2.75, 3.05) is 46.4 Å². The number of morpholine rings is 1. The monoisotopic (exact) mass is 231 g/mol. The van der Waals surface area contributed by atoms with Gasteiger partial charge < -0.3 is 15.4 Å². The van der Waals surface area contributed by atoms with E-state index in [0.717, 1.165) is 32.8 Å². The highest BCUT2D eigenvalue weighted by atomic mass is 32.1. The Labute approximate surface area is 97.3 Å². The molecule has 0 spiro atoms. The normalized spacial score (nSPS) is 23.3. The van der Waals surface area contributed by atoms with Gasteiger partial charge in [0.15, 0.2) is 0 Å². The van der Waals surface area contributed by atoms with Crippen molar-refractivity contribution in [3.05, 3.63) is 0 Å². The molecular weight excluding hydrogens is 210 g/mol. The van der Waals surface area contributed by atoms with Crippen molar-refractivity contribution in [2.24, 2.45) is 5.73 Å². The van der Waals surface area contributed by atoms with E-state index < -0.39 is 0 Å². The topological polar surface area (TPSA) is 41.7 Å². The van der Waals surface area contributed by atoms with Gasteiger partial charge in [-0.25, -0.2) is 0 Å². The molecule has 15 heavy (non-hydrogen) atoms. The van der Waals surface area contributed by atoms with Gasteiger partial charge in [-0.15, -0.1) is 0 Å². The Morgan fingerprint density at radius 2 is 2.40 bits per heavy atom. The molecule has 2 N–H and O–H groups in total. The maximum absolute atomic E-state index is 5.69. The molecule has 1 aliphatic rings. The predicted octanol–water partition coefficient (Wildman–Crippen LogP) is -0.0750. The predicted molar refractivity (Wildman–Crippen MR) is 66.1 cm³/mol. The number of nitrogens with zero attached hydrogens (tertiary/aromatic N) is 2. The number of thiocarbonyl (C=S) groups is 1. The van der Waals surface area contributed by atoms with Crippen molar-refractivity contribution < 1.29 is 4.74 Å². The molecule has 1 fully saturated rings. The zero-order valence-corrected chi connectivity index (χ0v) is 10.4. The molecular formula is C10H21N3OS. The number of hydrogen-bond acceptors (Lipinski definition) is 4. The summed E-state index contributed by atoms with van der Waals surface area (Å²) < 4.78 is 5.69. The van der Waals surface area contributed by atoms with Crippen LogP contribution in [0.3, 0.4) is 0 Å². The Bertz CT molecular complexity index is 213. The molecule has 1 rings (SSSR count). The van der Waals surface area contributed by atoms with Crippen molar-refractivity contribution >= 4 is 17.2 Å². The Morgan fingerprint density at radius 1 is 1.67 bits per heavy atom. The fourth-order valence-electron chi connectivity index (χ4n) is 1.79. The first-order valence-corrected chi connectivity index (χ1v) is 5.83. The summed E-state index contributed by atoms with van der Waals surface area (Å²) in [5.74, 6) is 0. The lowest BCUT2D eigenvalue weighted by Crippen LogP contribution is -2.47. The molecule has 1 aliphatic heterocycles. The highest BCUT2D eigenvalue weighted by Gasteiger charge is 2.20. The zero-order chi connectivity index (χ0) is 11.3. The van der Waals surface area contributed by atoms with Crippen LogP contribution in [-0.4, -0.2) is 67.3 Å². The minimum atomic E-state index is 0.290. The van der Waals surface area contributed by atoms with Gasteiger partial charge in [0.2, 0.25) is 0 Å². The van der Waals surface area contributed by atoms with Crippen LogP contribution in [-0.2, 0) is 4.74 Å². The summed E-state index contributed by atoms with van der Waals surface area (Å²) in [4.78, 5) is 5.08. The first kappa shape index (κ1) is 12.8. The van der Waals surface area contributed by atoms with Crippen molar-refractivity contribution in [1.82, 2.24) is 9.80 Å². The molecule has 5 heteroatoms. The number of rotatable bonds is 5. The Kier molecular flexibility index (Phi) is 5.45. The molecule has 88 valence electrons. The summed E-state index contributed by atoms with van der Waals surface area (Å²) in [6.45, 7) is 7.52. The quantitative estimate of drug-likeness (QED) is 0.671. The van der Waals surface area contributed by atoms with Crippen LogP contribution in [0.4, 0.5) is 0 Å². The van der Waals surface area contributed by atoms with Gasteiger partial charge in [0.05, 0.1) is 17.7 Å². The molecule has 1 atom stereocenters. The summed E-state index contributed by atoms with van der Waals surface area (Å²) in [6.07, 6.45) is 0.290. The van der Waals surface area contributed by atoms with Gasteiger partial charge in [-0.2, -0.15) is 0 Å². The van der Waals surface area contributed by atoms with E-state index in [1.54, 1.807) is 0 Å². The second-order valence-electron chi connectivity index (χ2n) is 4.05. The minimum Gasteiger partial charge on any atom is -0.392 e. The van der Waals surface area contributed by atoms with Crippen LogP contribution in [0.1, 0.15) is 6.92 Å². The van der Waals surface area contributed by atoms with Crippen LogP contribution in [0.25, 0.3) is 0 Å². The molecule has 0 amide bonds. The molecule has 0 aromatic carbocycles. The van der Waals surface area contributed by atoms with Crippen LogP contribution in [0.2, 0.25) is 0 Å². The van der Waals surface area contributed by atoms with E-state index in [1.807, 2.05) is 0 Å². The molecule has 0 radical (unpaired) electrons. The number of ether oxygens (including phenoxy) is 1. The van der Waals surface area contributed by atoms with Gasteiger partial charge in [-0.3, -0.25) is 4.90 Å². The van der Waals surface area contributed by atoms with Crippen LogP contribution in [0.5, 0.6) is 0 Å². The molecule has 1 saturated heterocycles. The van der Waals surface area contributed by atoms with Gasteiger partial charge >= 0.3 is 0 Å². The van der Waals surface area contributed by atoms with Crippen molar-refractivity contribution in [1.29, 1.82) is 0 Å². The highest BCUT2D eigenvalue weighted by Crippen LogP contribution is 2.05. The maximum atomic E-state index is 5.69. The molecule has 1 unspecified atom stereocenters. The third-order valence-corrected chi connectivity index (χ3v) is 2.76. The first-order chi connectivity index (χ1) is 7.11. The highest BCUT2D eigenvalue weighted by molar-refractivity contribution is 7.80. The van der Waals surface area contributed by atoms with E-state index in [0.29, 0.717) is 11.5 Å². The van der Waals surface area contributed by atoms with Crippen LogP contribution in [0.15, 0.2) is 0 Å². The molecule has 0 saturated carbocycles. The second-order valence-corrected chi connectivity index (χ2v) is 4.57. The molecule has 0 aromatic heterocycles. The van der Waals surface area contributed by atoms with Crippen LogP contribution < -0.4 is 5.73 Å². The van der Waals surface area contributed by atoms with E-state index in [-0.39, 0.29) is 6.10 Å². The average molecular weight is 231 g/mol. The zero-order valence-electron chi connectivity index (χ0n) is 9.61. The van der Waals surface area contributed by atoms with Gasteiger partial charge in [0.25, 0.3) is 0 Å². The average Bonchev–Trinajstić information content (AvgIpc) is 2.16. The SMILES string of the molecule is CCN(CC(N)=S)CC1CN(C)CCO1.